The van der Waals surface area contributed by atoms with E-state index in [4.69, 9.17) is 10.2 Å². The summed E-state index contributed by atoms with van der Waals surface area (Å²) in [6.45, 7) is 3.25. The van der Waals surface area contributed by atoms with Gasteiger partial charge in [0.1, 0.15) is 0 Å². The Morgan fingerprint density at radius 1 is 1.23 bits per heavy atom. The zero-order valence-corrected chi connectivity index (χ0v) is 7.57. The molecular weight excluding hydrogens is 172 g/mol. The summed E-state index contributed by atoms with van der Waals surface area (Å²) in [6.07, 6.45) is 3.32. The van der Waals surface area contributed by atoms with Gasteiger partial charge in [-0.05, 0) is 6.42 Å². The van der Waals surface area contributed by atoms with E-state index in [9.17, 15) is 9.59 Å². The third-order valence-electron chi connectivity index (χ3n) is 2.79. The van der Waals surface area contributed by atoms with Gasteiger partial charge in [0.15, 0.2) is 5.41 Å². The van der Waals surface area contributed by atoms with E-state index in [2.05, 4.69) is 0 Å². The first-order chi connectivity index (χ1) is 5.84. The topological polar surface area (TPSA) is 74.6 Å². The van der Waals surface area contributed by atoms with Gasteiger partial charge in [0, 0.05) is 5.41 Å². The molecule has 1 aliphatic rings. The van der Waals surface area contributed by atoms with Gasteiger partial charge >= 0.3 is 11.9 Å². The van der Waals surface area contributed by atoms with E-state index in [-0.39, 0.29) is 6.42 Å². The number of hydrogen-bond acceptors (Lipinski definition) is 2. The van der Waals surface area contributed by atoms with Crippen molar-refractivity contribution in [3.05, 3.63) is 12.2 Å². The number of carboxylic acid groups (broad SMARTS) is 2. The first-order valence-corrected chi connectivity index (χ1v) is 3.99. The summed E-state index contributed by atoms with van der Waals surface area (Å²) in [6, 6.07) is 0. The molecule has 0 amide bonds. The van der Waals surface area contributed by atoms with E-state index in [0.29, 0.717) is 0 Å². The highest BCUT2D eigenvalue weighted by molar-refractivity contribution is 6.00. The van der Waals surface area contributed by atoms with Gasteiger partial charge < -0.3 is 10.2 Å². The van der Waals surface area contributed by atoms with Crippen molar-refractivity contribution in [2.75, 3.05) is 0 Å². The molecule has 4 heteroatoms. The lowest BCUT2D eigenvalue weighted by Gasteiger charge is -2.32. The van der Waals surface area contributed by atoms with Crippen LogP contribution in [0, 0.1) is 10.8 Å². The molecule has 0 aromatic heterocycles. The van der Waals surface area contributed by atoms with Gasteiger partial charge in [0.05, 0.1) is 0 Å². The van der Waals surface area contributed by atoms with Gasteiger partial charge in [0.2, 0.25) is 0 Å². The monoisotopic (exact) mass is 184 g/mol. The second kappa shape index (κ2) is 2.58. The lowest BCUT2D eigenvalue weighted by atomic mass is 9.67. The molecule has 0 fully saturated rings. The molecule has 0 radical (unpaired) electrons. The predicted octanol–water partition coefficient (Wildman–Crippen LogP) is 1.13. The summed E-state index contributed by atoms with van der Waals surface area (Å²) >= 11 is 0. The number of allylic oxidation sites excluding steroid dienone is 2. The summed E-state index contributed by atoms with van der Waals surface area (Å²) in [5, 5.41) is 17.9. The zero-order valence-electron chi connectivity index (χ0n) is 7.57. The molecule has 0 bridgehead atoms. The van der Waals surface area contributed by atoms with Gasteiger partial charge in [-0.15, -0.1) is 0 Å². The van der Waals surface area contributed by atoms with Gasteiger partial charge in [-0.3, -0.25) is 9.59 Å². The molecule has 0 saturated heterocycles. The minimum absolute atomic E-state index is 0.0602. The molecule has 0 aromatic rings. The zero-order chi connectivity index (χ0) is 10.3. The van der Waals surface area contributed by atoms with Crippen LogP contribution in [-0.4, -0.2) is 22.2 Å². The minimum atomic E-state index is -1.69. The van der Waals surface area contributed by atoms with Crippen molar-refractivity contribution in [3.63, 3.8) is 0 Å². The maximum absolute atomic E-state index is 11.0. The summed E-state index contributed by atoms with van der Waals surface area (Å²) in [7, 11) is 0. The fourth-order valence-electron chi connectivity index (χ4n) is 1.75. The van der Waals surface area contributed by atoms with Crippen LogP contribution >= 0.6 is 0 Å². The van der Waals surface area contributed by atoms with Crippen LogP contribution in [0.15, 0.2) is 12.2 Å². The first-order valence-electron chi connectivity index (χ1n) is 3.99. The number of carboxylic acids is 2. The second-order valence-electron chi connectivity index (χ2n) is 3.84. The molecule has 1 aliphatic carbocycles. The van der Waals surface area contributed by atoms with Crippen LogP contribution < -0.4 is 0 Å². The summed E-state index contributed by atoms with van der Waals surface area (Å²) < 4.78 is 0. The van der Waals surface area contributed by atoms with Gasteiger partial charge in [-0.2, -0.15) is 0 Å². The quantitative estimate of drug-likeness (QED) is 0.498. The Labute approximate surface area is 75.9 Å². The van der Waals surface area contributed by atoms with Crippen molar-refractivity contribution < 1.29 is 19.8 Å². The smallest absolute Gasteiger partial charge is 0.322 e. The fourth-order valence-corrected chi connectivity index (χ4v) is 1.75. The van der Waals surface area contributed by atoms with Crippen molar-refractivity contribution in [1.82, 2.24) is 0 Å². The van der Waals surface area contributed by atoms with E-state index in [1.165, 1.54) is 0 Å². The van der Waals surface area contributed by atoms with Crippen LogP contribution in [0.1, 0.15) is 20.3 Å². The van der Waals surface area contributed by atoms with Crippen LogP contribution in [0.2, 0.25) is 0 Å². The van der Waals surface area contributed by atoms with Crippen molar-refractivity contribution in [2.45, 2.75) is 20.3 Å². The summed E-state index contributed by atoms with van der Waals surface area (Å²) in [5.41, 5.74) is -2.52. The molecule has 1 rings (SSSR count). The highest BCUT2D eigenvalue weighted by Crippen LogP contribution is 2.48. The minimum Gasteiger partial charge on any atom is -0.480 e. The SMILES string of the molecule is CC1(C)C=CCC1(C(=O)O)C(=O)O. The maximum atomic E-state index is 11.0. The summed E-state index contributed by atoms with van der Waals surface area (Å²) in [5.74, 6) is -2.54. The van der Waals surface area contributed by atoms with E-state index in [1.807, 2.05) is 0 Å². The lowest BCUT2D eigenvalue weighted by Crippen LogP contribution is -2.47. The van der Waals surface area contributed by atoms with Crippen LogP contribution in [0.4, 0.5) is 0 Å². The Morgan fingerprint density at radius 3 is 1.85 bits per heavy atom. The number of aliphatic carboxylic acids is 2. The molecule has 0 aromatic carbocycles. The standard InChI is InChI=1S/C9H12O4/c1-8(2)4-3-5-9(8,6(10)11)7(12)13/h3-4H,5H2,1-2H3,(H,10,11)(H,12,13). The van der Waals surface area contributed by atoms with Crippen molar-refractivity contribution in [1.29, 1.82) is 0 Å². The molecular formula is C9H12O4. The third kappa shape index (κ3) is 1.05. The Hall–Kier alpha value is -1.32. The molecule has 4 nitrogen and oxygen atoms in total. The highest BCUT2D eigenvalue weighted by Gasteiger charge is 2.58. The average Bonchev–Trinajstić information content (AvgIpc) is 2.25. The molecule has 0 saturated carbocycles. The average molecular weight is 184 g/mol. The van der Waals surface area contributed by atoms with Crippen LogP contribution in [0.3, 0.4) is 0 Å². The predicted molar refractivity (Wildman–Crippen MR) is 45.2 cm³/mol. The van der Waals surface area contributed by atoms with E-state index in [0.717, 1.165) is 0 Å². The molecule has 72 valence electrons. The number of rotatable bonds is 2. The Morgan fingerprint density at radius 2 is 1.69 bits per heavy atom. The Balaban J connectivity index is 3.23. The largest absolute Gasteiger partial charge is 0.480 e. The van der Waals surface area contributed by atoms with E-state index < -0.39 is 22.8 Å². The van der Waals surface area contributed by atoms with Crippen molar-refractivity contribution in [2.24, 2.45) is 10.8 Å². The number of carbonyl (C=O) groups is 2. The van der Waals surface area contributed by atoms with Crippen LogP contribution in [-0.2, 0) is 9.59 Å². The van der Waals surface area contributed by atoms with Gasteiger partial charge in [-0.1, -0.05) is 26.0 Å². The normalized spacial score (nSPS) is 22.9. The molecule has 0 aliphatic heterocycles. The molecule has 13 heavy (non-hydrogen) atoms. The molecule has 0 spiro atoms. The van der Waals surface area contributed by atoms with E-state index in [1.54, 1.807) is 26.0 Å². The van der Waals surface area contributed by atoms with Gasteiger partial charge in [0.25, 0.3) is 0 Å². The summed E-state index contributed by atoms with van der Waals surface area (Å²) in [4.78, 5) is 21.9. The Kier molecular flexibility index (Phi) is 1.94. The van der Waals surface area contributed by atoms with Crippen molar-refractivity contribution >= 4 is 11.9 Å². The first kappa shape index (κ1) is 9.77. The molecule has 0 heterocycles. The molecule has 0 atom stereocenters. The van der Waals surface area contributed by atoms with E-state index >= 15 is 0 Å². The highest BCUT2D eigenvalue weighted by atomic mass is 16.4. The van der Waals surface area contributed by atoms with Crippen LogP contribution in [0.25, 0.3) is 0 Å². The second-order valence-corrected chi connectivity index (χ2v) is 3.84. The fraction of sp³-hybridized carbons (Fsp3) is 0.556. The van der Waals surface area contributed by atoms with Crippen LogP contribution in [0.5, 0.6) is 0 Å². The maximum Gasteiger partial charge on any atom is 0.322 e. The molecule has 2 N–H and O–H groups in total. The molecule has 0 unspecified atom stereocenters. The number of hydrogen-bond donors (Lipinski definition) is 2. The van der Waals surface area contributed by atoms with Gasteiger partial charge in [-0.25, -0.2) is 0 Å². The Bertz CT molecular complexity index is 274. The van der Waals surface area contributed by atoms with Crippen molar-refractivity contribution in [3.8, 4) is 0 Å². The lowest BCUT2D eigenvalue weighted by molar-refractivity contribution is -0.170. The third-order valence-corrected chi connectivity index (χ3v) is 2.79.